The molecule has 0 atom stereocenters. The van der Waals surface area contributed by atoms with Crippen LogP contribution in [0.2, 0.25) is 0 Å². The molecular formula is C12H10N4O2. The fraction of sp³-hybridized carbons (Fsp3) is 0. The van der Waals surface area contributed by atoms with Gasteiger partial charge in [-0.3, -0.25) is 14.9 Å². The van der Waals surface area contributed by atoms with Gasteiger partial charge in [0.25, 0.3) is 0 Å². The number of nitrogens with one attached hydrogen (secondary N) is 2. The van der Waals surface area contributed by atoms with Crippen LogP contribution in [0.25, 0.3) is 0 Å². The zero-order valence-corrected chi connectivity index (χ0v) is 9.33. The predicted molar refractivity (Wildman–Crippen MR) is 65.7 cm³/mol. The van der Waals surface area contributed by atoms with Gasteiger partial charge in [0.15, 0.2) is 0 Å². The minimum absolute atomic E-state index is 0.0886. The minimum atomic E-state index is -0.815. The van der Waals surface area contributed by atoms with Gasteiger partial charge in [0, 0.05) is 18.1 Å². The van der Waals surface area contributed by atoms with E-state index in [1.54, 1.807) is 30.3 Å². The lowest BCUT2D eigenvalue weighted by atomic mass is 10.3. The average molecular weight is 242 g/mol. The van der Waals surface area contributed by atoms with Crippen molar-refractivity contribution in [3.63, 3.8) is 0 Å². The molecule has 0 bridgehead atoms. The lowest BCUT2D eigenvalue weighted by Gasteiger charge is -2.04. The Morgan fingerprint density at radius 2 is 1.44 bits per heavy atom. The maximum atomic E-state index is 11.5. The molecule has 1 aromatic heterocycles. The van der Waals surface area contributed by atoms with Gasteiger partial charge in [0.2, 0.25) is 5.95 Å². The molecule has 18 heavy (non-hydrogen) atoms. The second kappa shape index (κ2) is 5.53. The fourth-order valence-electron chi connectivity index (χ4n) is 1.23. The molecule has 90 valence electrons. The molecule has 2 rings (SSSR count). The Labute approximate surface area is 103 Å². The number of hydrogen-bond acceptors (Lipinski definition) is 4. The van der Waals surface area contributed by atoms with Gasteiger partial charge in [-0.15, -0.1) is 0 Å². The Morgan fingerprint density at radius 3 is 2.11 bits per heavy atom. The van der Waals surface area contributed by atoms with Crippen molar-refractivity contribution in [2.24, 2.45) is 0 Å². The summed E-state index contributed by atoms with van der Waals surface area (Å²) >= 11 is 0. The van der Waals surface area contributed by atoms with Crippen molar-refractivity contribution in [1.82, 2.24) is 9.97 Å². The SMILES string of the molecule is O=C(Nc1ccccc1)C(=O)Nc1ncccn1. The number of benzene rings is 1. The molecular weight excluding hydrogens is 232 g/mol. The number of rotatable bonds is 2. The van der Waals surface area contributed by atoms with Gasteiger partial charge >= 0.3 is 11.8 Å². The Morgan fingerprint density at radius 1 is 0.833 bits per heavy atom. The maximum absolute atomic E-state index is 11.5. The van der Waals surface area contributed by atoms with E-state index in [1.807, 2.05) is 6.07 Å². The highest BCUT2D eigenvalue weighted by molar-refractivity contribution is 6.43. The highest BCUT2D eigenvalue weighted by Gasteiger charge is 2.14. The molecule has 2 N–H and O–H groups in total. The molecule has 0 saturated carbocycles. The molecule has 2 aromatic rings. The van der Waals surface area contributed by atoms with E-state index < -0.39 is 11.8 Å². The van der Waals surface area contributed by atoms with Crippen molar-refractivity contribution >= 4 is 23.5 Å². The second-order valence-corrected chi connectivity index (χ2v) is 3.35. The van der Waals surface area contributed by atoms with Gasteiger partial charge in [-0.25, -0.2) is 9.97 Å². The lowest BCUT2D eigenvalue weighted by molar-refractivity contribution is -0.133. The topological polar surface area (TPSA) is 84.0 Å². The van der Waals surface area contributed by atoms with Crippen molar-refractivity contribution in [3.8, 4) is 0 Å². The summed E-state index contributed by atoms with van der Waals surface area (Å²) in [6, 6.07) is 10.3. The number of para-hydroxylation sites is 1. The van der Waals surface area contributed by atoms with E-state index >= 15 is 0 Å². The maximum Gasteiger partial charge on any atom is 0.316 e. The Balaban J connectivity index is 1.96. The second-order valence-electron chi connectivity index (χ2n) is 3.35. The first-order chi connectivity index (χ1) is 8.75. The molecule has 1 aromatic carbocycles. The van der Waals surface area contributed by atoms with Gasteiger partial charge in [-0.05, 0) is 18.2 Å². The minimum Gasteiger partial charge on any atom is -0.318 e. The van der Waals surface area contributed by atoms with Crippen LogP contribution in [0.1, 0.15) is 0 Å². The van der Waals surface area contributed by atoms with Gasteiger partial charge in [-0.1, -0.05) is 18.2 Å². The molecule has 0 aliphatic carbocycles. The summed E-state index contributed by atoms with van der Waals surface area (Å²) in [5, 5.41) is 4.74. The smallest absolute Gasteiger partial charge is 0.316 e. The zero-order valence-electron chi connectivity index (χ0n) is 9.33. The van der Waals surface area contributed by atoms with Crippen LogP contribution in [0.4, 0.5) is 11.6 Å². The van der Waals surface area contributed by atoms with Gasteiger partial charge in [-0.2, -0.15) is 0 Å². The molecule has 2 amide bonds. The Bertz CT molecular complexity index is 491. The van der Waals surface area contributed by atoms with Crippen molar-refractivity contribution in [3.05, 3.63) is 48.8 Å². The number of carbonyl (C=O) groups is 2. The van der Waals surface area contributed by atoms with E-state index in [1.165, 1.54) is 12.4 Å². The van der Waals surface area contributed by atoms with Crippen LogP contribution in [0, 0.1) is 0 Å². The first-order valence-electron chi connectivity index (χ1n) is 5.20. The molecule has 6 nitrogen and oxygen atoms in total. The number of carbonyl (C=O) groups excluding carboxylic acids is 2. The predicted octanol–water partition coefficient (Wildman–Crippen LogP) is 1.05. The highest BCUT2D eigenvalue weighted by atomic mass is 16.2. The third-order valence-electron chi connectivity index (χ3n) is 2.03. The summed E-state index contributed by atoms with van der Waals surface area (Å²) in [5.74, 6) is -1.50. The summed E-state index contributed by atoms with van der Waals surface area (Å²) < 4.78 is 0. The molecule has 0 fully saturated rings. The van der Waals surface area contributed by atoms with E-state index in [9.17, 15) is 9.59 Å². The molecule has 0 aliphatic rings. The van der Waals surface area contributed by atoms with Crippen molar-refractivity contribution < 1.29 is 9.59 Å². The van der Waals surface area contributed by atoms with Gasteiger partial charge < -0.3 is 5.32 Å². The first-order valence-corrected chi connectivity index (χ1v) is 5.20. The zero-order chi connectivity index (χ0) is 12.8. The summed E-state index contributed by atoms with van der Waals surface area (Å²) in [6.45, 7) is 0. The largest absolute Gasteiger partial charge is 0.318 e. The third-order valence-corrected chi connectivity index (χ3v) is 2.03. The fourth-order valence-corrected chi connectivity index (χ4v) is 1.23. The van der Waals surface area contributed by atoms with E-state index in [2.05, 4.69) is 20.6 Å². The molecule has 0 saturated heterocycles. The highest BCUT2D eigenvalue weighted by Crippen LogP contribution is 2.04. The van der Waals surface area contributed by atoms with Crippen LogP contribution in [-0.2, 0) is 9.59 Å². The van der Waals surface area contributed by atoms with Crippen molar-refractivity contribution in [2.75, 3.05) is 10.6 Å². The Hall–Kier alpha value is -2.76. The number of aromatic nitrogens is 2. The molecule has 0 radical (unpaired) electrons. The monoisotopic (exact) mass is 242 g/mol. The van der Waals surface area contributed by atoms with Crippen molar-refractivity contribution in [2.45, 2.75) is 0 Å². The van der Waals surface area contributed by atoms with E-state index in [4.69, 9.17) is 0 Å². The van der Waals surface area contributed by atoms with Gasteiger partial charge in [0.05, 0.1) is 0 Å². The number of anilines is 2. The third kappa shape index (κ3) is 3.11. The van der Waals surface area contributed by atoms with E-state index in [0.717, 1.165) is 0 Å². The van der Waals surface area contributed by atoms with Crippen LogP contribution in [0.3, 0.4) is 0 Å². The molecule has 0 unspecified atom stereocenters. The van der Waals surface area contributed by atoms with Crippen molar-refractivity contribution in [1.29, 1.82) is 0 Å². The number of amides is 2. The van der Waals surface area contributed by atoms with Crippen LogP contribution in [0.5, 0.6) is 0 Å². The lowest BCUT2D eigenvalue weighted by Crippen LogP contribution is -2.29. The van der Waals surface area contributed by atoms with Crippen LogP contribution in [0.15, 0.2) is 48.8 Å². The normalized spacial score (nSPS) is 9.56. The Kier molecular flexibility index (Phi) is 3.60. The molecule has 6 heteroatoms. The van der Waals surface area contributed by atoms with Gasteiger partial charge in [0.1, 0.15) is 0 Å². The molecule has 0 aliphatic heterocycles. The van der Waals surface area contributed by atoms with E-state index in [0.29, 0.717) is 5.69 Å². The van der Waals surface area contributed by atoms with Crippen LogP contribution >= 0.6 is 0 Å². The summed E-state index contributed by atoms with van der Waals surface area (Å²) in [4.78, 5) is 30.6. The molecule has 1 heterocycles. The van der Waals surface area contributed by atoms with Crippen LogP contribution in [-0.4, -0.2) is 21.8 Å². The van der Waals surface area contributed by atoms with Crippen LogP contribution < -0.4 is 10.6 Å². The summed E-state index contributed by atoms with van der Waals surface area (Å²) in [5.41, 5.74) is 0.548. The average Bonchev–Trinajstić information content (AvgIpc) is 2.41. The first kappa shape index (κ1) is 11.7. The number of nitrogens with zero attached hydrogens (tertiary/aromatic N) is 2. The number of hydrogen-bond donors (Lipinski definition) is 2. The quantitative estimate of drug-likeness (QED) is 0.771. The summed E-state index contributed by atoms with van der Waals surface area (Å²) in [7, 11) is 0. The summed E-state index contributed by atoms with van der Waals surface area (Å²) in [6.07, 6.45) is 2.94. The van der Waals surface area contributed by atoms with E-state index in [-0.39, 0.29) is 5.95 Å². The molecule has 0 spiro atoms. The standard InChI is InChI=1S/C12H10N4O2/c17-10(15-9-5-2-1-3-6-9)11(18)16-12-13-7-4-8-14-12/h1-8H,(H,15,17)(H,13,14,16,18).